The third-order valence-corrected chi connectivity index (χ3v) is 2.37. The van der Waals surface area contributed by atoms with Gasteiger partial charge < -0.3 is 10.1 Å². The summed E-state index contributed by atoms with van der Waals surface area (Å²) in [5.74, 6) is 0.662. The SMILES string of the molecule is CNCC1(COCC(C)C)CC1. The van der Waals surface area contributed by atoms with Crippen molar-refractivity contribution >= 4 is 0 Å². The minimum atomic E-state index is 0.504. The van der Waals surface area contributed by atoms with Crippen molar-refractivity contribution in [1.29, 1.82) is 0 Å². The third-order valence-electron chi connectivity index (χ3n) is 2.37. The number of hydrogen-bond donors (Lipinski definition) is 1. The Labute approximate surface area is 75.7 Å². The zero-order chi connectivity index (χ0) is 9.03. The minimum Gasteiger partial charge on any atom is -0.381 e. The molecule has 0 heterocycles. The molecule has 2 heteroatoms. The molecule has 72 valence electrons. The first-order valence-electron chi connectivity index (χ1n) is 4.91. The maximum absolute atomic E-state index is 5.63. The molecular weight excluding hydrogens is 150 g/mol. The molecule has 12 heavy (non-hydrogen) atoms. The Balaban J connectivity index is 2.06. The summed E-state index contributed by atoms with van der Waals surface area (Å²) in [5, 5.41) is 3.23. The second kappa shape index (κ2) is 4.24. The zero-order valence-corrected chi connectivity index (χ0v) is 8.52. The second-order valence-corrected chi connectivity index (χ2v) is 4.44. The van der Waals surface area contributed by atoms with E-state index in [1.165, 1.54) is 12.8 Å². The van der Waals surface area contributed by atoms with Crippen LogP contribution in [0.15, 0.2) is 0 Å². The van der Waals surface area contributed by atoms with Crippen LogP contribution in [0.25, 0.3) is 0 Å². The number of ether oxygens (including phenoxy) is 1. The number of nitrogens with one attached hydrogen (secondary N) is 1. The minimum absolute atomic E-state index is 0.504. The molecule has 0 aliphatic heterocycles. The van der Waals surface area contributed by atoms with Gasteiger partial charge in [-0.15, -0.1) is 0 Å². The van der Waals surface area contributed by atoms with Crippen molar-refractivity contribution in [3.05, 3.63) is 0 Å². The van der Waals surface area contributed by atoms with Gasteiger partial charge in [-0.05, 0) is 25.8 Å². The van der Waals surface area contributed by atoms with Gasteiger partial charge in [-0.25, -0.2) is 0 Å². The summed E-state index contributed by atoms with van der Waals surface area (Å²) in [6.07, 6.45) is 2.68. The number of hydrogen-bond acceptors (Lipinski definition) is 2. The summed E-state index contributed by atoms with van der Waals surface area (Å²) in [7, 11) is 2.02. The lowest BCUT2D eigenvalue weighted by molar-refractivity contribution is 0.0717. The first-order chi connectivity index (χ1) is 5.68. The molecule has 1 fully saturated rings. The van der Waals surface area contributed by atoms with Crippen molar-refractivity contribution in [3.63, 3.8) is 0 Å². The van der Waals surface area contributed by atoms with Gasteiger partial charge in [0, 0.05) is 18.6 Å². The fourth-order valence-corrected chi connectivity index (χ4v) is 1.44. The van der Waals surface area contributed by atoms with Gasteiger partial charge in [0.05, 0.1) is 6.61 Å². The van der Waals surface area contributed by atoms with Crippen molar-refractivity contribution < 1.29 is 4.74 Å². The van der Waals surface area contributed by atoms with Gasteiger partial charge >= 0.3 is 0 Å². The van der Waals surface area contributed by atoms with Gasteiger partial charge in [0.15, 0.2) is 0 Å². The summed E-state index contributed by atoms with van der Waals surface area (Å²) in [4.78, 5) is 0. The van der Waals surface area contributed by atoms with E-state index in [-0.39, 0.29) is 0 Å². The van der Waals surface area contributed by atoms with Crippen LogP contribution in [0, 0.1) is 11.3 Å². The van der Waals surface area contributed by atoms with E-state index in [9.17, 15) is 0 Å². The molecular formula is C10H21NO. The maximum atomic E-state index is 5.63. The van der Waals surface area contributed by atoms with Crippen LogP contribution in [-0.4, -0.2) is 26.8 Å². The third kappa shape index (κ3) is 3.11. The molecule has 0 aromatic rings. The molecule has 0 aromatic heterocycles. The Hall–Kier alpha value is -0.0800. The van der Waals surface area contributed by atoms with Crippen LogP contribution in [0.5, 0.6) is 0 Å². The van der Waals surface area contributed by atoms with Crippen molar-refractivity contribution in [3.8, 4) is 0 Å². The molecule has 1 N–H and O–H groups in total. The summed E-state index contributed by atoms with van der Waals surface area (Å²) in [5.41, 5.74) is 0.504. The van der Waals surface area contributed by atoms with Crippen LogP contribution in [0.3, 0.4) is 0 Å². The van der Waals surface area contributed by atoms with E-state index in [4.69, 9.17) is 4.74 Å². The lowest BCUT2D eigenvalue weighted by atomic mass is 10.1. The lowest BCUT2D eigenvalue weighted by Crippen LogP contribution is -2.25. The van der Waals surface area contributed by atoms with Gasteiger partial charge in [-0.2, -0.15) is 0 Å². The van der Waals surface area contributed by atoms with Crippen molar-refractivity contribution in [2.75, 3.05) is 26.8 Å². The van der Waals surface area contributed by atoms with Crippen LogP contribution >= 0.6 is 0 Å². The molecule has 0 bridgehead atoms. The van der Waals surface area contributed by atoms with E-state index in [1.807, 2.05) is 7.05 Å². The second-order valence-electron chi connectivity index (χ2n) is 4.44. The lowest BCUT2D eigenvalue weighted by Gasteiger charge is -2.15. The van der Waals surface area contributed by atoms with Gasteiger partial charge in [-0.3, -0.25) is 0 Å². The standard InChI is InChI=1S/C10H21NO/c1-9(2)6-12-8-10(4-5-10)7-11-3/h9,11H,4-8H2,1-3H3. The molecule has 0 radical (unpaired) electrons. The summed E-state index contributed by atoms with van der Waals surface area (Å²) >= 11 is 0. The Morgan fingerprint density at radius 2 is 2.08 bits per heavy atom. The molecule has 0 unspecified atom stereocenters. The molecule has 1 saturated carbocycles. The molecule has 0 atom stereocenters. The van der Waals surface area contributed by atoms with Crippen molar-refractivity contribution in [2.24, 2.45) is 11.3 Å². The van der Waals surface area contributed by atoms with Gasteiger partial charge in [0.25, 0.3) is 0 Å². The predicted octanol–water partition coefficient (Wildman–Crippen LogP) is 1.66. The highest BCUT2D eigenvalue weighted by Crippen LogP contribution is 2.45. The van der Waals surface area contributed by atoms with Crippen LogP contribution in [-0.2, 0) is 4.74 Å². The molecule has 0 amide bonds. The molecule has 1 aliphatic rings. The van der Waals surface area contributed by atoms with E-state index < -0.39 is 0 Å². The van der Waals surface area contributed by atoms with Crippen molar-refractivity contribution in [1.82, 2.24) is 5.32 Å². The topological polar surface area (TPSA) is 21.3 Å². The zero-order valence-electron chi connectivity index (χ0n) is 8.52. The highest BCUT2D eigenvalue weighted by atomic mass is 16.5. The normalized spacial score (nSPS) is 20.0. The summed E-state index contributed by atoms with van der Waals surface area (Å²) in [6.45, 7) is 7.36. The quantitative estimate of drug-likeness (QED) is 0.656. The van der Waals surface area contributed by atoms with Crippen LogP contribution in [0.4, 0.5) is 0 Å². The predicted molar refractivity (Wildman–Crippen MR) is 51.3 cm³/mol. The largest absolute Gasteiger partial charge is 0.381 e. The smallest absolute Gasteiger partial charge is 0.0534 e. The number of rotatable bonds is 6. The monoisotopic (exact) mass is 171 g/mol. The van der Waals surface area contributed by atoms with E-state index in [2.05, 4.69) is 19.2 Å². The van der Waals surface area contributed by atoms with Crippen LogP contribution in [0.1, 0.15) is 26.7 Å². The highest BCUT2D eigenvalue weighted by molar-refractivity contribution is 4.94. The van der Waals surface area contributed by atoms with E-state index >= 15 is 0 Å². The first kappa shape index (κ1) is 10.0. The van der Waals surface area contributed by atoms with E-state index in [1.54, 1.807) is 0 Å². The van der Waals surface area contributed by atoms with E-state index in [0.717, 1.165) is 19.8 Å². The molecule has 0 saturated heterocycles. The summed E-state index contributed by atoms with van der Waals surface area (Å²) in [6, 6.07) is 0. The fraction of sp³-hybridized carbons (Fsp3) is 1.00. The average molecular weight is 171 g/mol. The molecule has 1 aliphatic carbocycles. The maximum Gasteiger partial charge on any atom is 0.0534 e. The van der Waals surface area contributed by atoms with Crippen LogP contribution in [0.2, 0.25) is 0 Å². The molecule has 0 aromatic carbocycles. The molecule has 0 spiro atoms. The van der Waals surface area contributed by atoms with Crippen molar-refractivity contribution in [2.45, 2.75) is 26.7 Å². The Kier molecular flexibility index (Phi) is 3.53. The van der Waals surface area contributed by atoms with Gasteiger partial charge in [0.1, 0.15) is 0 Å². The van der Waals surface area contributed by atoms with Gasteiger partial charge in [0.2, 0.25) is 0 Å². The average Bonchev–Trinajstić information content (AvgIpc) is 2.69. The van der Waals surface area contributed by atoms with E-state index in [0.29, 0.717) is 11.3 Å². The highest BCUT2D eigenvalue weighted by Gasteiger charge is 2.41. The fourth-order valence-electron chi connectivity index (χ4n) is 1.44. The molecule has 2 nitrogen and oxygen atoms in total. The first-order valence-corrected chi connectivity index (χ1v) is 4.91. The molecule has 1 rings (SSSR count). The van der Waals surface area contributed by atoms with Crippen LogP contribution < -0.4 is 5.32 Å². The van der Waals surface area contributed by atoms with Gasteiger partial charge in [-0.1, -0.05) is 13.8 Å². The Bertz CT molecular complexity index is 130. The summed E-state index contributed by atoms with van der Waals surface area (Å²) < 4.78 is 5.63. The Morgan fingerprint density at radius 1 is 1.42 bits per heavy atom. The Morgan fingerprint density at radius 3 is 2.50 bits per heavy atom.